The van der Waals surface area contributed by atoms with E-state index in [1.54, 1.807) is 18.2 Å². The summed E-state index contributed by atoms with van der Waals surface area (Å²) in [6.45, 7) is 3.33. The highest BCUT2D eigenvalue weighted by Crippen LogP contribution is 2.29. The maximum Gasteiger partial charge on any atom is 0.355 e. The average molecular weight is 613 g/mol. The Bertz CT molecular complexity index is 1910. The van der Waals surface area contributed by atoms with Crippen molar-refractivity contribution in [3.05, 3.63) is 107 Å². The maximum atomic E-state index is 13.6. The van der Waals surface area contributed by atoms with E-state index in [0.717, 1.165) is 41.4 Å². The summed E-state index contributed by atoms with van der Waals surface area (Å²) < 4.78 is 36.7. The summed E-state index contributed by atoms with van der Waals surface area (Å²) in [5.41, 5.74) is 9.54. The molecule has 0 spiro atoms. The molecule has 3 heterocycles. The molecule has 2 aromatic heterocycles. The summed E-state index contributed by atoms with van der Waals surface area (Å²) in [4.78, 5) is 20.5. The van der Waals surface area contributed by atoms with Crippen LogP contribution in [0.15, 0.2) is 84.9 Å². The van der Waals surface area contributed by atoms with E-state index in [9.17, 15) is 13.2 Å². The Hall–Kier alpha value is -4.29. The standard InChI is InChI=1S/C33H36N6O4S/c1-38-14-13-35-29(20-38)21-43-33(40)31-17-25-11-12-27(18-34)36-32(25)39(31)19-26-16-28(15-24-9-5-6-10-30(24)26)37-44(41,42)22-23-7-3-2-4-8-23/h2-12,15-17,29,35,37H,13-14,18-22,34H2,1H3/t29-/m1/s1. The van der Waals surface area contributed by atoms with Gasteiger partial charge < -0.3 is 25.3 Å². The van der Waals surface area contributed by atoms with Crippen molar-refractivity contribution in [1.82, 2.24) is 19.8 Å². The second-order valence-electron chi connectivity index (χ2n) is 11.3. The molecule has 44 heavy (non-hydrogen) atoms. The number of anilines is 1. The van der Waals surface area contributed by atoms with Gasteiger partial charge in [-0.1, -0.05) is 54.6 Å². The first-order valence-electron chi connectivity index (χ1n) is 14.6. The Morgan fingerprint density at radius 2 is 1.84 bits per heavy atom. The van der Waals surface area contributed by atoms with Crippen molar-refractivity contribution in [3.8, 4) is 0 Å². The summed E-state index contributed by atoms with van der Waals surface area (Å²) in [5, 5.41) is 5.99. The van der Waals surface area contributed by atoms with Crippen LogP contribution in [0.3, 0.4) is 0 Å². The summed E-state index contributed by atoms with van der Waals surface area (Å²) in [6.07, 6.45) is 0. The number of rotatable bonds is 10. The number of nitrogens with two attached hydrogens (primary N) is 1. The number of hydrogen-bond donors (Lipinski definition) is 3. The number of carbonyl (C=O) groups excluding carboxylic acids is 1. The Balaban J connectivity index is 1.35. The van der Waals surface area contributed by atoms with Gasteiger partial charge in [0.2, 0.25) is 10.0 Å². The van der Waals surface area contributed by atoms with E-state index in [1.807, 2.05) is 71.3 Å². The number of pyridine rings is 1. The van der Waals surface area contributed by atoms with E-state index in [-0.39, 0.29) is 31.5 Å². The van der Waals surface area contributed by atoms with Gasteiger partial charge in [0.1, 0.15) is 17.9 Å². The van der Waals surface area contributed by atoms with Crippen molar-refractivity contribution < 1.29 is 17.9 Å². The predicted molar refractivity (Wildman–Crippen MR) is 173 cm³/mol. The molecular formula is C33H36N6O4S. The summed E-state index contributed by atoms with van der Waals surface area (Å²) >= 11 is 0. The van der Waals surface area contributed by atoms with Crippen LogP contribution in [0.4, 0.5) is 5.69 Å². The molecule has 1 atom stereocenters. The van der Waals surface area contributed by atoms with Crippen molar-refractivity contribution in [3.63, 3.8) is 0 Å². The molecule has 0 bridgehead atoms. The lowest BCUT2D eigenvalue weighted by atomic mass is 10.0. The third kappa shape index (κ3) is 6.76. The summed E-state index contributed by atoms with van der Waals surface area (Å²) in [7, 11) is -1.64. The lowest BCUT2D eigenvalue weighted by Crippen LogP contribution is -2.51. The van der Waals surface area contributed by atoms with E-state index in [4.69, 9.17) is 15.5 Å². The Morgan fingerprint density at radius 3 is 2.64 bits per heavy atom. The molecule has 1 aliphatic rings. The van der Waals surface area contributed by atoms with E-state index >= 15 is 0 Å². The molecule has 5 aromatic rings. The number of carbonyl (C=O) groups is 1. The molecule has 0 aliphatic carbocycles. The largest absolute Gasteiger partial charge is 0.459 e. The molecule has 0 unspecified atom stereocenters. The molecular weight excluding hydrogens is 576 g/mol. The molecule has 0 saturated carbocycles. The number of nitrogens with zero attached hydrogens (tertiary/aromatic N) is 3. The van der Waals surface area contributed by atoms with Gasteiger partial charge in [-0.25, -0.2) is 18.2 Å². The Labute approximate surface area is 256 Å². The van der Waals surface area contributed by atoms with Gasteiger partial charge in [0.15, 0.2) is 0 Å². The number of nitrogens with one attached hydrogen (secondary N) is 2. The van der Waals surface area contributed by atoms with Crippen molar-refractivity contribution in [1.29, 1.82) is 0 Å². The Morgan fingerprint density at radius 1 is 1.05 bits per heavy atom. The van der Waals surface area contributed by atoms with Gasteiger partial charge >= 0.3 is 5.97 Å². The molecule has 6 rings (SSSR count). The summed E-state index contributed by atoms with van der Waals surface area (Å²) in [5.74, 6) is -0.595. The summed E-state index contributed by atoms with van der Waals surface area (Å²) in [6, 6.07) is 26.1. The van der Waals surface area contributed by atoms with Gasteiger partial charge in [0, 0.05) is 37.3 Å². The van der Waals surface area contributed by atoms with Crippen LogP contribution in [-0.2, 0) is 33.6 Å². The van der Waals surface area contributed by atoms with E-state index < -0.39 is 16.0 Å². The molecule has 0 radical (unpaired) electrons. The van der Waals surface area contributed by atoms with Gasteiger partial charge in [-0.3, -0.25) is 4.72 Å². The van der Waals surface area contributed by atoms with Crippen LogP contribution >= 0.6 is 0 Å². The van der Waals surface area contributed by atoms with Crippen LogP contribution in [-0.4, -0.2) is 68.2 Å². The smallest absolute Gasteiger partial charge is 0.355 e. The number of benzene rings is 3. The van der Waals surface area contributed by atoms with Crippen LogP contribution in [0.2, 0.25) is 0 Å². The second kappa shape index (κ2) is 12.7. The SMILES string of the molecule is CN1CCN[C@@H](COC(=O)c2cc3ccc(CN)nc3n2Cc2cc(NS(=O)(=O)Cc3ccccc3)cc3ccccc23)C1. The van der Waals surface area contributed by atoms with Crippen LogP contribution in [0.1, 0.15) is 27.3 Å². The first-order chi connectivity index (χ1) is 21.3. The second-order valence-corrected chi connectivity index (χ2v) is 13.0. The van der Waals surface area contributed by atoms with Crippen molar-refractivity contribution in [2.45, 2.75) is 24.9 Å². The normalized spacial score (nSPS) is 15.9. The minimum atomic E-state index is -3.69. The number of aromatic nitrogens is 2. The average Bonchev–Trinajstić information content (AvgIpc) is 3.37. The van der Waals surface area contributed by atoms with Crippen molar-refractivity contribution in [2.75, 3.05) is 38.0 Å². The molecule has 10 nitrogen and oxygen atoms in total. The van der Waals surface area contributed by atoms with Crippen LogP contribution in [0, 0.1) is 0 Å². The van der Waals surface area contributed by atoms with Crippen molar-refractivity contribution >= 4 is 43.5 Å². The topological polar surface area (TPSA) is 132 Å². The van der Waals surface area contributed by atoms with Gasteiger partial charge in [-0.15, -0.1) is 0 Å². The lowest BCUT2D eigenvalue weighted by molar-refractivity contribution is 0.0416. The minimum absolute atomic E-state index is 0.0435. The zero-order valence-electron chi connectivity index (χ0n) is 24.6. The zero-order chi connectivity index (χ0) is 30.7. The third-order valence-electron chi connectivity index (χ3n) is 7.84. The molecule has 3 aromatic carbocycles. The van der Waals surface area contributed by atoms with Gasteiger partial charge in [-0.2, -0.15) is 0 Å². The lowest BCUT2D eigenvalue weighted by Gasteiger charge is -2.30. The highest BCUT2D eigenvalue weighted by molar-refractivity contribution is 7.91. The number of ether oxygens (including phenoxy) is 1. The Kier molecular flexibility index (Phi) is 8.62. The maximum absolute atomic E-state index is 13.6. The zero-order valence-corrected chi connectivity index (χ0v) is 25.4. The fraction of sp³-hybridized carbons (Fsp3) is 0.273. The molecule has 1 fully saturated rings. The van der Waals surface area contributed by atoms with Gasteiger partial charge in [0.25, 0.3) is 0 Å². The van der Waals surface area contributed by atoms with Crippen LogP contribution in [0.5, 0.6) is 0 Å². The highest BCUT2D eigenvalue weighted by atomic mass is 32.2. The van der Waals surface area contributed by atoms with Gasteiger partial charge in [0.05, 0.1) is 24.0 Å². The first-order valence-corrected chi connectivity index (χ1v) is 16.3. The third-order valence-corrected chi connectivity index (χ3v) is 9.10. The van der Waals surface area contributed by atoms with Gasteiger partial charge in [-0.05, 0) is 59.3 Å². The molecule has 1 aliphatic heterocycles. The molecule has 1 saturated heterocycles. The number of esters is 1. The van der Waals surface area contributed by atoms with E-state index in [2.05, 4.69) is 22.0 Å². The number of sulfonamides is 1. The van der Waals surface area contributed by atoms with E-state index in [1.165, 1.54) is 0 Å². The molecule has 0 amide bonds. The van der Waals surface area contributed by atoms with Crippen LogP contribution in [0.25, 0.3) is 21.8 Å². The number of likely N-dealkylation sites (N-methyl/N-ethyl adjacent to an activating group) is 1. The number of fused-ring (bicyclic) bond motifs is 2. The first kappa shape index (κ1) is 29.8. The minimum Gasteiger partial charge on any atom is -0.459 e. The number of hydrogen-bond acceptors (Lipinski definition) is 8. The predicted octanol–water partition coefficient (Wildman–Crippen LogP) is 3.70. The molecule has 228 valence electrons. The monoisotopic (exact) mass is 612 g/mol. The molecule has 4 N–H and O–H groups in total. The highest BCUT2D eigenvalue weighted by Gasteiger charge is 2.23. The molecule has 11 heteroatoms. The number of piperazine rings is 1. The quantitative estimate of drug-likeness (QED) is 0.204. The fourth-order valence-corrected chi connectivity index (χ4v) is 6.90. The van der Waals surface area contributed by atoms with Crippen molar-refractivity contribution in [2.24, 2.45) is 5.73 Å². The van der Waals surface area contributed by atoms with E-state index in [0.29, 0.717) is 28.3 Å². The van der Waals surface area contributed by atoms with Crippen LogP contribution < -0.4 is 15.8 Å². The fourth-order valence-electron chi connectivity index (χ4n) is 5.72.